The zero-order chi connectivity index (χ0) is 13.9. The highest BCUT2D eigenvalue weighted by Crippen LogP contribution is 2.37. The monoisotopic (exact) mass is 299 g/mol. The lowest BCUT2D eigenvalue weighted by atomic mass is 9.88. The van der Waals surface area contributed by atoms with Gasteiger partial charge in [0, 0.05) is 22.6 Å². The second-order valence-corrected chi connectivity index (χ2v) is 6.87. The Labute approximate surface area is 126 Å². The first-order valence-corrected chi connectivity index (χ1v) is 7.98. The summed E-state index contributed by atoms with van der Waals surface area (Å²) in [6.45, 7) is 5.66. The molecule has 0 saturated heterocycles. The molecule has 1 N–H and O–H groups in total. The fourth-order valence-electron chi connectivity index (χ4n) is 3.03. The van der Waals surface area contributed by atoms with Crippen molar-refractivity contribution in [1.29, 1.82) is 0 Å². The molecule has 2 rings (SSSR count). The van der Waals surface area contributed by atoms with Crippen molar-refractivity contribution in [2.75, 3.05) is 6.54 Å². The van der Waals surface area contributed by atoms with Crippen molar-refractivity contribution in [3.8, 4) is 0 Å². The molecule has 1 nitrogen and oxygen atoms in total. The summed E-state index contributed by atoms with van der Waals surface area (Å²) in [5.74, 6) is 0. The van der Waals surface area contributed by atoms with Crippen LogP contribution in [0.3, 0.4) is 0 Å². The summed E-state index contributed by atoms with van der Waals surface area (Å²) in [5, 5.41) is 5.17. The first-order chi connectivity index (χ1) is 9.04. The van der Waals surface area contributed by atoms with Gasteiger partial charge in [0.05, 0.1) is 0 Å². The van der Waals surface area contributed by atoms with Gasteiger partial charge in [0.25, 0.3) is 0 Å². The van der Waals surface area contributed by atoms with Crippen LogP contribution in [0.15, 0.2) is 18.2 Å². The Bertz CT molecular complexity index is 425. The minimum atomic E-state index is 0.321. The van der Waals surface area contributed by atoms with Crippen molar-refractivity contribution >= 4 is 23.2 Å². The lowest BCUT2D eigenvalue weighted by Crippen LogP contribution is -2.32. The Balaban J connectivity index is 2.03. The molecule has 0 amide bonds. The lowest BCUT2D eigenvalue weighted by Gasteiger charge is -2.28. The number of benzene rings is 1. The molecule has 0 aromatic heterocycles. The van der Waals surface area contributed by atoms with Crippen LogP contribution >= 0.6 is 23.2 Å². The van der Waals surface area contributed by atoms with E-state index in [1.165, 1.54) is 25.7 Å². The Morgan fingerprint density at radius 1 is 1.26 bits per heavy atom. The number of halogens is 2. The molecular formula is C16H23Cl2N. The van der Waals surface area contributed by atoms with E-state index in [1.807, 2.05) is 18.2 Å². The fraction of sp³-hybridized carbons (Fsp3) is 0.625. The van der Waals surface area contributed by atoms with E-state index in [1.54, 1.807) is 0 Å². The SMILES string of the molecule is CCC(NCC1(C)CCCC1)c1ccc(Cl)cc1Cl. The average molecular weight is 300 g/mol. The molecule has 1 aromatic rings. The highest BCUT2D eigenvalue weighted by atomic mass is 35.5. The molecule has 1 aliphatic carbocycles. The Morgan fingerprint density at radius 3 is 2.53 bits per heavy atom. The lowest BCUT2D eigenvalue weighted by molar-refractivity contribution is 0.295. The van der Waals surface area contributed by atoms with Crippen LogP contribution in [0.4, 0.5) is 0 Å². The van der Waals surface area contributed by atoms with Gasteiger partial charge >= 0.3 is 0 Å². The highest BCUT2D eigenvalue weighted by molar-refractivity contribution is 6.35. The van der Waals surface area contributed by atoms with Crippen LogP contribution in [0.5, 0.6) is 0 Å². The van der Waals surface area contributed by atoms with Crippen molar-refractivity contribution in [3.63, 3.8) is 0 Å². The molecule has 1 unspecified atom stereocenters. The number of hydrogen-bond donors (Lipinski definition) is 1. The predicted molar refractivity (Wildman–Crippen MR) is 84.1 cm³/mol. The minimum Gasteiger partial charge on any atom is -0.309 e. The van der Waals surface area contributed by atoms with E-state index < -0.39 is 0 Å². The maximum atomic E-state index is 6.31. The Hall–Kier alpha value is -0.240. The minimum absolute atomic E-state index is 0.321. The predicted octanol–water partition coefficient (Wildman–Crippen LogP) is 5.61. The largest absolute Gasteiger partial charge is 0.309 e. The van der Waals surface area contributed by atoms with Crippen LogP contribution in [0.2, 0.25) is 10.0 Å². The van der Waals surface area contributed by atoms with E-state index in [9.17, 15) is 0 Å². The first kappa shape index (κ1) is 15.2. The van der Waals surface area contributed by atoms with Gasteiger partial charge in [-0.25, -0.2) is 0 Å². The summed E-state index contributed by atoms with van der Waals surface area (Å²) >= 11 is 12.3. The molecule has 0 spiro atoms. The summed E-state index contributed by atoms with van der Waals surface area (Å²) in [6.07, 6.45) is 6.46. The van der Waals surface area contributed by atoms with Crippen molar-refractivity contribution < 1.29 is 0 Å². The second kappa shape index (κ2) is 6.47. The molecule has 0 radical (unpaired) electrons. The maximum Gasteiger partial charge on any atom is 0.0468 e. The van der Waals surface area contributed by atoms with E-state index in [-0.39, 0.29) is 0 Å². The molecule has 0 aliphatic heterocycles. The molecule has 1 aliphatic rings. The quantitative estimate of drug-likeness (QED) is 0.744. The number of nitrogens with one attached hydrogen (secondary N) is 1. The van der Waals surface area contributed by atoms with Gasteiger partial charge < -0.3 is 5.32 Å². The summed E-state index contributed by atoms with van der Waals surface area (Å²) in [5.41, 5.74) is 1.63. The summed E-state index contributed by atoms with van der Waals surface area (Å²) in [7, 11) is 0. The summed E-state index contributed by atoms with van der Waals surface area (Å²) in [6, 6.07) is 6.12. The van der Waals surface area contributed by atoms with E-state index in [0.29, 0.717) is 16.5 Å². The third kappa shape index (κ3) is 3.87. The van der Waals surface area contributed by atoms with Crippen LogP contribution in [-0.2, 0) is 0 Å². The van der Waals surface area contributed by atoms with Crippen molar-refractivity contribution in [2.45, 2.75) is 52.0 Å². The molecule has 3 heteroatoms. The molecule has 1 fully saturated rings. The van der Waals surface area contributed by atoms with Crippen LogP contribution in [-0.4, -0.2) is 6.54 Å². The van der Waals surface area contributed by atoms with Crippen LogP contribution in [0, 0.1) is 5.41 Å². The van der Waals surface area contributed by atoms with Gasteiger partial charge in [-0.1, -0.05) is 56.0 Å². The third-order valence-corrected chi connectivity index (χ3v) is 4.89. The molecule has 1 atom stereocenters. The van der Waals surface area contributed by atoms with Crippen molar-refractivity contribution in [2.24, 2.45) is 5.41 Å². The molecule has 19 heavy (non-hydrogen) atoms. The Kier molecular flexibility index (Phi) is 5.16. The van der Waals surface area contributed by atoms with Crippen LogP contribution < -0.4 is 5.32 Å². The second-order valence-electron chi connectivity index (χ2n) is 6.03. The summed E-state index contributed by atoms with van der Waals surface area (Å²) < 4.78 is 0. The zero-order valence-corrected chi connectivity index (χ0v) is 13.3. The van der Waals surface area contributed by atoms with Crippen molar-refractivity contribution in [1.82, 2.24) is 5.32 Å². The van der Waals surface area contributed by atoms with Gasteiger partial charge in [-0.3, -0.25) is 0 Å². The normalized spacial score (nSPS) is 19.6. The zero-order valence-electron chi connectivity index (χ0n) is 11.8. The first-order valence-electron chi connectivity index (χ1n) is 7.22. The average Bonchev–Trinajstić information content (AvgIpc) is 2.79. The van der Waals surface area contributed by atoms with Gasteiger partial charge in [0.2, 0.25) is 0 Å². The number of rotatable bonds is 5. The van der Waals surface area contributed by atoms with E-state index in [0.717, 1.165) is 23.6 Å². The van der Waals surface area contributed by atoms with Gasteiger partial charge in [0.1, 0.15) is 0 Å². The van der Waals surface area contributed by atoms with E-state index in [4.69, 9.17) is 23.2 Å². The molecule has 0 heterocycles. The van der Waals surface area contributed by atoms with Gasteiger partial charge in [-0.05, 0) is 42.4 Å². The Morgan fingerprint density at radius 2 is 1.95 bits per heavy atom. The molecule has 106 valence electrons. The van der Waals surface area contributed by atoms with Gasteiger partial charge in [-0.2, -0.15) is 0 Å². The van der Waals surface area contributed by atoms with Crippen molar-refractivity contribution in [3.05, 3.63) is 33.8 Å². The maximum absolute atomic E-state index is 6.31. The van der Waals surface area contributed by atoms with E-state index >= 15 is 0 Å². The number of hydrogen-bond acceptors (Lipinski definition) is 1. The third-order valence-electron chi connectivity index (χ3n) is 4.33. The molecule has 1 saturated carbocycles. The van der Waals surface area contributed by atoms with Gasteiger partial charge in [0.15, 0.2) is 0 Å². The van der Waals surface area contributed by atoms with Gasteiger partial charge in [-0.15, -0.1) is 0 Å². The summed E-state index contributed by atoms with van der Waals surface area (Å²) in [4.78, 5) is 0. The standard InChI is InChI=1S/C16H23Cl2N/c1-3-15(13-7-6-12(17)10-14(13)18)19-11-16(2)8-4-5-9-16/h6-7,10,15,19H,3-5,8-9,11H2,1-2H3. The highest BCUT2D eigenvalue weighted by Gasteiger charge is 2.29. The van der Waals surface area contributed by atoms with Crippen LogP contribution in [0.1, 0.15) is 57.6 Å². The fourth-order valence-corrected chi connectivity index (χ4v) is 3.57. The smallest absolute Gasteiger partial charge is 0.0468 e. The van der Waals surface area contributed by atoms with E-state index in [2.05, 4.69) is 19.2 Å². The molecule has 0 bridgehead atoms. The molecule has 1 aromatic carbocycles. The van der Waals surface area contributed by atoms with Crippen LogP contribution in [0.25, 0.3) is 0 Å². The molecular weight excluding hydrogens is 277 g/mol. The topological polar surface area (TPSA) is 12.0 Å².